The van der Waals surface area contributed by atoms with Gasteiger partial charge in [0.25, 0.3) is 5.89 Å². The van der Waals surface area contributed by atoms with Crippen LogP contribution in [0.2, 0.25) is 0 Å². The van der Waals surface area contributed by atoms with Crippen LogP contribution in [-0.2, 0) is 19.6 Å². The Morgan fingerprint density at radius 2 is 2.15 bits per heavy atom. The fraction of sp³-hybridized carbons (Fsp3) is 0.429. The number of rotatable bonds is 7. The Morgan fingerprint density at radius 1 is 1.30 bits per heavy atom. The molecule has 1 aromatic carbocycles. The van der Waals surface area contributed by atoms with Gasteiger partial charge in [0.1, 0.15) is 0 Å². The molecule has 0 bridgehead atoms. The van der Waals surface area contributed by atoms with Crippen LogP contribution in [0, 0.1) is 0 Å². The first-order valence-electron chi connectivity index (χ1n) is 6.52. The second-order valence-electron chi connectivity index (χ2n) is 4.26. The molecule has 20 heavy (non-hydrogen) atoms. The number of ether oxygens (including phenoxy) is 2. The smallest absolute Gasteiger partial charge is 0.264 e. The average Bonchev–Trinajstić information content (AvgIpc) is 2.94. The summed E-state index contributed by atoms with van der Waals surface area (Å²) in [6.45, 7) is 2.98. The summed E-state index contributed by atoms with van der Waals surface area (Å²) in [6.07, 6.45) is 0.742. The maximum absolute atomic E-state index is 5.66. The lowest BCUT2D eigenvalue weighted by Gasteiger charge is -2.10. The van der Waals surface area contributed by atoms with Gasteiger partial charge in [0.05, 0.1) is 7.11 Å². The fourth-order valence-electron chi connectivity index (χ4n) is 1.78. The third-order valence-corrected chi connectivity index (χ3v) is 2.79. The second-order valence-corrected chi connectivity index (χ2v) is 4.26. The third kappa shape index (κ3) is 3.48. The molecule has 108 valence electrons. The number of aromatic nitrogens is 2. The first-order valence-corrected chi connectivity index (χ1v) is 6.52. The van der Waals surface area contributed by atoms with Crippen molar-refractivity contribution >= 4 is 0 Å². The summed E-state index contributed by atoms with van der Waals surface area (Å²) in [6, 6.07) is 5.80. The first kappa shape index (κ1) is 14.3. The number of methoxy groups -OCH3 is 1. The van der Waals surface area contributed by atoms with Gasteiger partial charge in [-0.15, -0.1) is 0 Å². The Labute approximate surface area is 118 Å². The Morgan fingerprint density at radius 3 is 2.80 bits per heavy atom. The lowest BCUT2D eigenvalue weighted by Crippen LogP contribution is -2.05. The SMILES string of the molecule is CCc1noc(COc2ccc(CNC)cc2OC)n1. The van der Waals surface area contributed by atoms with E-state index in [4.69, 9.17) is 14.0 Å². The van der Waals surface area contributed by atoms with E-state index < -0.39 is 0 Å². The number of nitrogens with zero attached hydrogens (tertiary/aromatic N) is 2. The molecule has 0 spiro atoms. The minimum absolute atomic E-state index is 0.231. The van der Waals surface area contributed by atoms with Crippen molar-refractivity contribution < 1.29 is 14.0 Å². The highest BCUT2D eigenvalue weighted by Crippen LogP contribution is 2.28. The summed E-state index contributed by atoms with van der Waals surface area (Å²) in [4.78, 5) is 4.19. The normalized spacial score (nSPS) is 10.6. The maximum atomic E-state index is 5.66. The molecule has 0 saturated heterocycles. The van der Waals surface area contributed by atoms with Gasteiger partial charge in [-0.1, -0.05) is 18.1 Å². The average molecular weight is 277 g/mol. The zero-order valence-electron chi connectivity index (χ0n) is 12.0. The maximum Gasteiger partial charge on any atom is 0.264 e. The van der Waals surface area contributed by atoms with Crippen LogP contribution in [-0.4, -0.2) is 24.3 Å². The van der Waals surface area contributed by atoms with Crippen LogP contribution in [0.15, 0.2) is 22.7 Å². The molecule has 0 aliphatic rings. The van der Waals surface area contributed by atoms with E-state index in [0.29, 0.717) is 23.2 Å². The molecule has 0 saturated carbocycles. The predicted molar refractivity (Wildman–Crippen MR) is 73.8 cm³/mol. The summed E-state index contributed by atoms with van der Waals surface area (Å²) in [5.41, 5.74) is 1.13. The monoisotopic (exact) mass is 277 g/mol. The highest BCUT2D eigenvalue weighted by Gasteiger charge is 2.09. The van der Waals surface area contributed by atoms with Crippen LogP contribution in [0.4, 0.5) is 0 Å². The molecule has 6 nitrogen and oxygen atoms in total. The quantitative estimate of drug-likeness (QED) is 0.834. The number of benzene rings is 1. The minimum Gasteiger partial charge on any atom is -0.493 e. The summed E-state index contributed by atoms with van der Waals surface area (Å²) in [5.74, 6) is 2.49. The Kier molecular flexibility index (Phi) is 4.95. The largest absolute Gasteiger partial charge is 0.493 e. The molecule has 0 fully saturated rings. The molecule has 0 amide bonds. The number of hydrogen-bond donors (Lipinski definition) is 1. The highest BCUT2D eigenvalue weighted by molar-refractivity contribution is 5.42. The summed E-state index contributed by atoms with van der Waals surface area (Å²) in [5, 5.41) is 6.91. The van der Waals surface area contributed by atoms with Crippen molar-refractivity contribution in [2.75, 3.05) is 14.2 Å². The van der Waals surface area contributed by atoms with Crippen LogP contribution in [0.25, 0.3) is 0 Å². The standard InChI is InChI=1S/C14H19N3O3/c1-4-13-16-14(20-17-13)9-19-11-6-5-10(8-15-2)7-12(11)18-3/h5-7,15H,4,8-9H2,1-3H3. The van der Waals surface area contributed by atoms with Gasteiger partial charge in [0.15, 0.2) is 23.9 Å². The van der Waals surface area contributed by atoms with Crippen LogP contribution >= 0.6 is 0 Å². The van der Waals surface area contributed by atoms with Crippen molar-refractivity contribution in [1.29, 1.82) is 0 Å². The van der Waals surface area contributed by atoms with Gasteiger partial charge < -0.3 is 19.3 Å². The number of hydrogen-bond acceptors (Lipinski definition) is 6. The lowest BCUT2D eigenvalue weighted by molar-refractivity contribution is 0.233. The lowest BCUT2D eigenvalue weighted by atomic mass is 10.2. The van der Waals surface area contributed by atoms with E-state index in [-0.39, 0.29) is 6.61 Å². The molecule has 1 heterocycles. The van der Waals surface area contributed by atoms with Gasteiger partial charge in [0, 0.05) is 13.0 Å². The van der Waals surface area contributed by atoms with Crippen molar-refractivity contribution in [2.24, 2.45) is 0 Å². The van der Waals surface area contributed by atoms with Gasteiger partial charge in [-0.3, -0.25) is 0 Å². The van der Waals surface area contributed by atoms with Crippen molar-refractivity contribution in [3.05, 3.63) is 35.5 Å². The van der Waals surface area contributed by atoms with E-state index in [1.54, 1.807) is 7.11 Å². The molecule has 0 unspecified atom stereocenters. The van der Waals surface area contributed by atoms with E-state index in [2.05, 4.69) is 15.5 Å². The van der Waals surface area contributed by atoms with E-state index in [1.807, 2.05) is 32.2 Å². The van der Waals surface area contributed by atoms with Crippen molar-refractivity contribution in [1.82, 2.24) is 15.5 Å². The van der Waals surface area contributed by atoms with Gasteiger partial charge in [0.2, 0.25) is 0 Å². The Balaban J connectivity index is 2.04. The molecule has 0 aliphatic heterocycles. The first-order chi connectivity index (χ1) is 9.76. The summed E-state index contributed by atoms with van der Waals surface area (Å²) < 4.78 is 16.1. The van der Waals surface area contributed by atoms with Gasteiger partial charge in [-0.05, 0) is 24.7 Å². The van der Waals surface area contributed by atoms with Crippen molar-refractivity contribution in [3.8, 4) is 11.5 Å². The molecular weight excluding hydrogens is 258 g/mol. The van der Waals surface area contributed by atoms with Crippen molar-refractivity contribution in [3.63, 3.8) is 0 Å². The Hall–Kier alpha value is -2.08. The molecule has 1 N–H and O–H groups in total. The van der Waals surface area contributed by atoms with Crippen LogP contribution in [0.3, 0.4) is 0 Å². The molecule has 0 atom stereocenters. The van der Waals surface area contributed by atoms with Crippen molar-refractivity contribution in [2.45, 2.75) is 26.5 Å². The van der Waals surface area contributed by atoms with Gasteiger partial charge >= 0.3 is 0 Å². The van der Waals surface area contributed by atoms with E-state index >= 15 is 0 Å². The molecule has 2 rings (SSSR count). The van der Waals surface area contributed by atoms with Crippen LogP contribution in [0.1, 0.15) is 24.2 Å². The van der Waals surface area contributed by atoms with Gasteiger partial charge in [-0.2, -0.15) is 4.98 Å². The van der Waals surface area contributed by atoms with E-state index in [0.717, 1.165) is 18.5 Å². The number of aryl methyl sites for hydroxylation is 1. The predicted octanol–water partition coefficient (Wildman–Crippen LogP) is 1.94. The zero-order valence-corrected chi connectivity index (χ0v) is 12.0. The van der Waals surface area contributed by atoms with Crippen LogP contribution < -0.4 is 14.8 Å². The van der Waals surface area contributed by atoms with E-state index in [1.165, 1.54) is 0 Å². The Bertz CT molecular complexity index is 554. The van der Waals surface area contributed by atoms with E-state index in [9.17, 15) is 0 Å². The molecule has 0 aliphatic carbocycles. The van der Waals surface area contributed by atoms with Gasteiger partial charge in [-0.25, -0.2) is 0 Å². The fourth-order valence-corrected chi connectivity index (χ4v) is 1.78. The molecule has 0 radical (unpaired) electrons. The van der Waals surface area contributed by atoms with Crippen LogP contribution in [0.5, 0.6) is 11.5 Å². The second kappa shape index (κ2) is 6.91. The molecular formula is C14H19N3O3. The molecule has 2 aromatic rings. The number of nitrogens with one attached hydrogen (secondary N) is 1. The topological polar surface area (TPSA) is 69.4 Å². The molecule has 1 aromatic heterocycles. The summed E-state index contributed by atoms with van der Waals surface area (Å²) >= 11 is 0. The highest BCUT2D eigenvalue weighted by atomic mass is 16.5. The molecule has 6 heteroatoms. The third-order valence-electron chi connectivity index (χ3n) is 2.79. The summed E-state index contributed by atoms with van der Waals surface area (Å²) in [7, 11) is 3.52. The minimum atomic E-state index is 0.231. The zero-order chi connectivity index (χ0) is 14.4.